The van der Waals surface area contributed by atoms with E-state index in [9.17, 15) is 5.11 Å². The van der Waals surface area contributed by atoms with Crippen LogP contribution >= 0.6 is 0 Å². The molecule has 1 atom stereocenters. The molecule has 0 saturated heterocycles. The van der Waals surface area contributed by atoms with Gasteiger partial charge in [-0.25, -0.2) is 0 Å². The number of ether oxygens (including phenoxy) is 2. The number of hydrogen-bond donors (Lipinski definition) is 1. The largest absolute Gasteiger partial charge is 0.490 e. The predicted octanol–water partition coefficient (Wildman–Crippen LogP) is 2.71. The van der Waals surface area contributed by atoms with Crippen LogP contribution in [0.5, 0.6) is 5.75 Å². The summed E-state index contributed by atoms with van der Waals surface area (Å²) in [5.41, 5.74) is 1.79. The molecule has 0 aliphatic rings. The number of fused-ring (bicyclic) bond motifs is 1. The van der Waals surface area contributed by atoms with E-state index in [4.69, 9.17) is 9.47 Å². The van der Waals surface area contributed by atoms with E-state index < -0.39 is 6.10 Å². The minimum atomic E-state index is -0.635. The van der Waals surface area contributed by atoms with Crippen LogP contribution in [0.15, 0.2) is 30.3 Å². The third-order valence-corrected chi connectivity index (χ3v) is 2.86. The highest BCUT2D eigenvalue weighted by Gasteiger charge is 2.09. The van der Waals surface area contributed by atoms with Crippen molar-refractivity contribution in [2.75, 3.05) is 13.2 Å². The van der Waals surface area contributed by atoms with Gasteiger partial charge < -0.3 is 14.6 Å². The van der Waals surface area contributed by atoms with Gasteiger partial charge in [0, 0.05) is 17.1 Å². The van der Waals surface area contributed by atoms with Crippen molar-refractivity contribution < 1.29 is 14.6 Å². The van der Waals surface area contributed by atoms with Crippen LogP contribution in [0.2, 0.25) is 0 Å². The Morgan fingerprint density at radius 2 is 1.95 bits per heavy atom. The van der Waals surface area contributed by atoms with Crippen LogP contribution in [0.1, 0.15) is 19.5 Å². The van der Waals surface area contributed by atoms with Gasteiger partial charge in [0.15, 0.2) is 0 Å². The summed E-state index contributed by atoms with van der Waals surface area (Å²) in [7, 11) is 0. The van der Waals surface area contributed by atoms with E-state index in [2.05, 4.69) is 4.98 Å². The maximum atomic E-state index is 9.84. The van der Waals surface area contributed by atoms with Crippen LogP contribution in [0.25, 0.3) is 10.9 Å². The molecule has 108 valence electrons. The molecule has 0 amide bonds. The Morgan fingerprint density at radius 3 is 2.70 bits per heavy atom. The number of para-hydroxylation sites is 1. The molecular formula is C16H21NO3. The van der Waals surface area contributed by atoms with E-state index in [1.807, 2.05) is 51.1 Å². The second kappa shape index (κ2) is 6.68. The molecular weight excluding hydrogens is 254 g/mol. The Hall–Kier alpha value is -1.65. The van der Waals surface area contributed by atoms with Crippen molar-refractivity contribution in [1.29, 1.82) is 0 Å². The summed E-state index contributed by atoms with van der Waals surface area (Å²) in [4.78, 5) is 4.46. The molecule has 1 N–H and O–H groups in total. The van der Waals surface area contributed by atoms with Crippen LogP contribution in [0.3, 0.4) is 0 Å². The van der Waals surface area contributed by atoms with Crippen molar-refractivity contribution in [3.63, 3.8) is 0 Å². The molecule has 4 nitrogen and oxygen atoms in total. The van der Waals surface area contributed by atoms with E-state index in [1.54, 1.807) is 0 Å². The molecule has 2 aromatic rings. The van der Waals surface area contributed by atoms with Gasteiger partial charge in [0.1, 0.15) is 18.5 Å². The monoisotopic (exact) mass is 275 g/mol. The number of pyridine rings is 1. The minimum Gasteiger partial charge on any atom is -0.490 e. The normalized spacial score (nSPS) is 12.8. The van der Waals surface area contributed by atoms with Crippen molar-refractivity contribution in [2.45, 2.75) is 33.0 Å². The fourth-order valence-corrected chi connectivity index (χ4v) is 1.93. The number of hydrogen-bond acceptors (Lipinski definition) is 4. The highest BCUT2D eigenvalue weighted by Crippen LogP contribution is 2.25. The van der Waals surface area contributed by atoms with Gasteiger partial charge in [0.05, 0.1) is 18.2 Å². The van der Waals surface area contributed by atoms with Crippen LogP contribution in [0.4, 0.5) is 0 Å². The number of nitrogens with zero attached hydrogens (tertiary/aromatic N) is 1. The van der Waals surface area contributed by atoms with Crippen LogP contribution in [0, 0.1) is 6.92 Å². The average Bonchev–Trinajstić information content (AvgIpc) is 2.42. The summed E-state index contributed by atoms with van der Waals surface area (Å²) in [6, 6.07) is 9.70. The summed E-state index contributed by atoms with van der Waals surface area (Å²) in [6.07, 6.45) is -0.529. The predicted molar refractivity (Wildman–Crippen MR) is 79.1 cm³/mol. The van der Waals surface area contributed by atoms with Crippen molar-refractivity contribution >= 4 is 10.9 Å². The fourth-order valence-electron chi connectivity index (χ4n) is 1.93. The first-order valence-corrected chi connectivity index (χ1v) is 6.85. The molecule has 20 heavy (non-hydrogen) atoms. The van der Waals surface area contributed by atoms with E-state index in [1.165, 1.54) is 0 Å². The van der Waals surface area contributed by atoms with Gasteiger partial charge in [-0.3, -0.25) is 4.98 Å². The van der Waals surface area contributed by atoms with Crippen LogP contribution < -0.4 is 4.74 Å². The number of rotatable bonds is 6. The Labute approximate surface area is 119 Å². The second-order valence-corrected chi connectivity index (χ2v) is 5.13. The van der Waals surface area contributed by atoms with Crippen molar-refractivity contribution in [2.24, 2.45) is 0 Å². The van der Waals surface area contributed by atoms with Crippen LogP contribution in [-0.4, -0.2) is 35.5 Å². The van der Waals surface area contributed by atoms with E-state index in [0.29, 0.717) is 0 Å². The maximum absolute atomic E-state index is 9.84. The molecule has 0 fully saturated rings. The third-order valence-electron chi connectivity index (χ3n) is 2.86. The zero-order valence-electron chi connectivity index (χ0n) is 12.2. The fraction of sp³-hybridized carbons (Fsp3) is 0.438. The van der Waals surface area contributed by atoms with Crippen molar-refractivity contribution in [3.8, 4) is 5.75 Å². The summed E-state index contributed by atoms with van der Waals surface area (Å²) < 4.78 is 11.1. The van der Waals surface area contributed by atoms with Crippen molar-refractivity contribution in [3.05, 3.63) is 36.0 Å². The topological polar surface area (TPSA) is 51.6 Å². The van der Waals surface area contributed by atoms with Crippen molar-refractivity contribution in [1.82, 2.24) is 4.98 Å². The molecule has 0 aliphatic heterocycles. The van der Waals surface area contributed by atoms with Gasteiger partial charge in [-0.15, -0.1) is 0 Å². The van der Waals surface area contributed by atoms with Gasteiger partial charge in [0.25, 0.3) is 0 Å². The van der Waals surface area contributed by atoms with E-state index in [-0.39, 0.29) is 19.3 Å². The molecule has 2 rings (SSSR count). The third kappa shape index (κ3) is 3.92. The number of aliphatic hydroxyl groups is 1. The quantitative estimate of drug-likeness (QED) is 0.880. The number of aryl methyl sites for hydroxylation is 1. The first kappa shape index (κ1) is 14.8. The molecule has 1 aromatic heterocycles. The molecule has 1 aromatic carbocycles. The summed E-state index contributed by atoms with van der Waals surface area (Å²) in [5, 5.41) is 10.8. The molecule has 1 heterocycles. The highest BCUT2D eigenvalue weighted by atomic mass is 16.5. The number of aliphatic hydroxyl groups excluding tert-OH is 1. The number of benzene rings is 1. The second-order valence-electron chi connectivity index (χ2n) is 5.13. The lowest BCUT2D eigenvalue weighted by atomic mass is 10.2. The van der Waals surface area contributed by atoms with Gasteiger partial charge in [-0.05, 0) is 32.9 Å². The Kier molecular flexibility index (Phi) is 4.93. The standard InChI is InChI=1S/C16H21NO3/c1-11(2)19-9-13(18)10-20-16-8-12(3)17-15-7-5-4-6-14(15)16/h4-8,11,13,18H,9-10H2,1-3H3. The highest BCUT2D eigenvalue weighted by molar-refractivity contribution is 5.85. The Bertz CT molecular complexity index is 569. The average molecular weight is 275 g/mol. The van der Waals surface area contributed by atoms with Gasteiger partial charge in [-0.2, -0.15) is 0 Å². The Morgan fingerprint density at radius 1 is 1.20 bits per heavy atom. The molecule has 0 saturated carbocycles. The zero-order valence-corrected chi connectivity index (χ0v) is 12.2. The van der Waals surface area contributed by atoms with Gasteiger partial charge in [-0.1, -0.05) is 12.1 Å². The van der Waals surface area contributed by atoms with E-state index >= 15 is 0 Å². The lowest BCUT2D eigenvalue weighted by Crippen LogP contribution is -2.25. The van der Waals surface area contributed by atoms with Crippen LogP contribution in [-0.2, 0) is 4.74 Å². The zero-order chi connectivity index (χ0) is 14.5. The Balaban J connectivity index is 2.06. The van der Waals surface area contributed by atoms with Gasteiger partial charge >= 0.3 is 0 Å². The molecule has 1 unspecified atom stereocenters. The summed E-state index contributed by atoms with van der Waals surface area (Å²) in [5.74, 6) is 0.747. The summed E-state index contributed by atoms with van der Waals surface area (Å²) >= 11 is 0. The van der Waals surface area contributed by atoms with E-state index in [0.717, 1.165) is 22.3 Å². The first-order valence-electron chi connectivity index (χ1n) is 6.85. The maximum Gasteiger partial charge on any atom is 0.130 e. The molecule has 0 spiro atoms. The minimum absolute atomic E-state index is 0.105. The smallest absolute Gasteiger partial charge is 0.130 e. The molecule has 0 bridgehead atoms. The SMILES string of the molecule is Cc1cc(OCC(O)COC(C)C)c2ccccc2n1. The lowest BCUT2D eigenvalue weighted by Gasteiger charge is -2.15. The lowest BCUT2D eigenvalue weighted by molar-refractivity contribution is -0.0120. The molecule has 0 radical (unpaired) electrons. The molecule has 4 heteroatoms. The molecule has 0 aliphatic carbocycles. The van der Waals surface area contributed by atoms with Gasteiger partial charge in [0.2, 0.25) is 0 Å². The first-order chi connectivity index (χ1) is 9.56. The number of aromatic nitrogens is 1. The summed E-state index contributed by atoms with van der Waals surface area (Å²) in [6.45, 7) is 6.29.